The summed E-state index contributed by atoms with van der Waals surface area (Å²) in [5.41, 5.74) is 1.12. The molecular formula is C24H24N2O7S. The number of rotatable bonds is 7. The second-order valence-electron chi connectivity index (χ2n) is 7.34. The summed E-state index contributed by atoms with van der Waals surface area (Å²) in [7, 11) is -0.909. The molecule has 10 heteroatoms. The van der Waals surface area contributed by atoms with Crippen LogP contribution in [-0.4, -0.2) is 41.8 Å². The van der Waals surface area contributed by atoms with Gasteiger partial charge in [-0.25, -0.2) is 8.42 Å². The summed E-state index contributed by atoms with van der Waals surface area (Å²) in [5, 5.41) is 2.76. The molecule has 0 spiro atoms. The zero-order valence-corrected chi connectivity index (χ0v) is 19.5. The molecule has 0 radical (unpaired) electrons. The van der Waals surface area contributed by atoms with Gasteiger partial charge in [-0.1, -0.05) is 6.07 Å². The van der Waals surface area contributed by atoms with Gasteiger partial charge in [-0.3, -0.25) is 9.52 Å². The van der Waals surface area contributed by atoms with E-state index in [2.05, 4.69) is 10.0 Å². The van der Waals surface area contributed by atoms with Gasteiger partial charge in [0.05, 0.1) is 37.9 Å². The van der Waals surface area contributed by atoms with E-state index in [1.807, 2.05) is 0 Å². The topological polar surface area (TPSA) is 112 Å². The number of amides is 1. The predicted octanol–water partition coefficient (Wildman–Crippen LogP) is 3.92. The first-order valence-electron chi connectivity index (χ1n) is 10.5. The summed E-state index contributed by atoms with van der Waals surface area (Å²) >= 11 is 0. The molecule has 3 aromatic carbocycles. The second-order valence-corrected chi connectivity index (χ2v) is 9.02. The fourth-order valence-corrected chi connectivity index (χ4v) is 4.48. The molecular weight excluding hydrogens is 460 g/mol. The van der Waals surface area contributed by atoms with E-state index in [-0.39, 0.29) is 4.90 Å². The highest BCUT2D eigenvalue weighted by Crippen LogP contribution is 2.33. The van der Waals surface area contributed by atoms with Gasteiger partial charge in [0.1, 0.15) is 0 Å². The fourth-order valence-electron chi connectivity index (χ4n) is 3.41. The maximum atomic E-state index is 12.8. The lowest BCUT2D eigenvalue weighted by molar-refractivity contribution is 0.102. The SMILES string of the molecule is COc1cccc(C(=O)Nc2ccc(NS(=O)(=O)c3ccc4c(c3)OCCCO4)cc2)c1OC. The van der Waals surface area contributed by atoms with Crippen LogP contribution in [0.4, 0.5) is 11.4 Å². The number of hydrogen-bond donors (Lipinski definition) is 2. The average Bonchev–Trinajstić information content (AvgIpc) is 3.09. The van der Waals surface area contributed by atoms with Crippen molar-refractivity contribution in [3.63, 3.8) is 0 Å². The maximum Gasteiger partial charge on any atom is 0.262 e. The first kappa shape index (κ1) is 23.2. The highest BCUT2D eigenvalue weighted by atomic mass is 32.2. The van der Waals surface area contributed by atoms with Crippen molar-refractivity contribution in [2.24, 2.45) is 0 Å². The third-order valence-corrected chi connectivity index (χ3v) is 6.45. The van der Waals surface area contributed by atoms with Crippen molar-refractivity contribution in [2.75, 3.05) is 37.5 Å². The smallest absolute Gasteiger partial charge is 0.262 e. The van der Waals surface area contributed by atoms with Crippen molar-refractivity contribution in [1.82, 2.24) is 0 Å². The first-order chi connectivity index (χ1) is 16.4. The monoisotopic (exact) mass is 484 g/mol. The number of benzene rings is 3. The van der Waals surface area contributed by atoms with Crippen molar-refractivity contribution in [3.8, 4) is 23.0 Å². The van der Waals surface area contributed by atoms with Crippen LogP contribution in [0.15, 0.2) is 65.6 Å². The standard InChI is InChI=1S/C24H24N2O7S/c1-30-21-6-3-5-19(23(21)31-2)24(27)25-16-7-9-17(10-8-16)26-34(28,29)18-11-12-20-22(15-18)33-14-4-13-32-20/h3,5-12,15,26H,4,13-14H2,1-2H3,(H,25,27). The third kappa shape index (κ3) is 5.01. The zero-order valence-electron chi connectivity index (χ0n) is 18.7. The van der Waals surface area contributed by atoms with E-state index >= 15 is 0 Å². The molecule has 0 unspecified atom stereocenters. The van der Waals surface area contributed by atoms with Crippen LogP contribution in [0.1, 0.15) is 16.8 Å². The van der Waals surface area contributed by atoms with Crippen LogP contribution in [0.3, 0.4) is 0 Å². The van der Waals surface area contributed by atoms with Gasteiger partial charge in [-0.15, -0.1) is 0 Å². The van der Waals surface area contributed by atoms with Gasteiger partial charge >= 0.3 is 0 Å². The van der Waals surface area contributed by atoms with Crippen molar-refractivity contribution in [1.29, 1.82) is 0 Å². The number of nitrogens with one attached hydrogen (secondary N) is 2. The van der Waals surface area contributed by atoms with Gasteiger partial charge in [0.15, 0.2) is 23.0 Å². The van der Waals surface area contributed by atoms with E-state index in [0.717, 1.165) is 6.42 Å². The minimum Gasteiger partial charge on any atom is -0.493 e. The Morgan fingerprint density at radius 3 is 2.29 bits per heavy atom. The Morgan fingerprint density at radius 2 is 1.59 bits per heavy atom. The number of hydrogen-bond acceptors (Lipinski definition) is 7. The molecule has 3 aromatic rings. The summed E-state index contributed by atoms with van der Waals surface area (Å²) in [6.07, 6.45) is 0.725. The minimum atomic E-state index is -3.86. The van der Waals surface area contributed by atoms with Crippen LogP contribution in [0, 0.1) is 0 Å². The number of ether oxygens (including phenoxy) is 4. The van der Waals surface area contributed by atoms with Crippen molar-refractivity contribution in [3.05, 3.63) is 66.2 Å². The Hall–Kier alpha value is -3.92. The fraction of sp³-hybridized carbons (Fsp3) is 0.208. The van der Waals surface area contributed by atoms with Crippen molar-refractivity contribution in [2.45, 2.75) is 11.3 Å². The molecule has 9 nitrogen and oxygen atoms in total. The Labute approximate surface area is 197 Å². The Morgan fingerprint density at radius 1 is 0.882 bits per heavy atom. The van der Waals surface area contributed by atoms with Crippen LogP contribution < -0.4 is 29.0 Å². The zero-order chi connectivity index (χ0) is 24.1. The Kier molecular flexibility index (Phi) is 6.78. The molecule has 0 fully saturated rings. The molecule has 1 aliphatic heterocycles. The first-order valence-corrected chi connectivity index (χ1v) is 11.9. The van der Waals surface area contributed by atoms with Gasteiger partial charge in [-0.2, -0.15) is 0 Å². The normalized spacial score (nSPS) is 12.9. The average molecular weight is 485 g/mol. The molecule has 0 saturated carbocycles. The number of anilines is 2. The predicted molar refractivity (Wildman–Crippen MR) is 127 cm³/mol. The van der Waals surface area contributed by atoms with E-state index < -0.39 is 15.9 Å². The number of fused-ring (bicyclic) bond motifs is 1. The Balaban J connectivity index is 1.47. The molecule has 2 N–H and O–H groups in total. The van der Waals surface area contributed by atoms with E-state index in [0.29, 0.717) is 53.2 Å². The number of para-hydroxylation sites is 1. The van der Waals surface area contributed by atoms with Gasteiger partial charge < -0.3 is 24.3 Å². The summed E-state index contributed by atoms with van der Waals surface area (Å²) in [4.78, 5) is 12.8. The van der Waals surface area contributed by atoms with Crippen LogP contribution >= 0.6 is 0 Å². The number of carbonyl (C=O) groups excluding carboxylic acids is 1. The molecule has 1 aliphatic rings. The van der Waals surface area contributed by atoms with Crippen LogP contribution in [0.2, 0.25) is 0 Å². The highest BCUT2D eigenvalue weighted by Gasteiger charge is 2.20. The molecule has 1 amide bonds. The highest BCUT2D eigenvalue weighted by molar-refractivity contribution is 7.92. The lowest BCUT2D eigenvalue weighted by Gasteiger charge is -2.13. The van der Waals surface area contributed by atoms with Gasteiger partial charge in [0.2, 0.25) is 0 Å². The maximum absolute atomic E-state index is 12.8. The lowest BCUT2D eigenvalue weighted by Crippen LogP contribution is -2.14. The summed E-state index contributed by atoms with van der Waals surface area (Å²) in [5.74, 6) is 1.28. The summed E-state index contributed by atoms with van der Waals surface area (Å²) in [6, 6.07) is 15.8. The minimum absolute atomic E-state index is 0.0549. The molecule has 0 aromatic heterocycles. The molecule has 34 heavy (non-hydrogen) atoms. The molecule has 178 valence electrons. The quantitative estimate of drug-likeness (QED) is 0.523. The Bertz CT molecular complexity index is 1290. The molecule has 1 heterocycles. The second kappa shape index (κ2) is 9.92. The van der Waals surface area contributed by atoms with E-state index in [4.69, 9.17) is 18.9 Å². The summed E-state index contributed by atoms with van der Waals surface area (Å²) in [6.45, 7) is 0.976. The van der Waals surface area contributed by atoms with Crippen LogP contribution in [0.5, 0.6) is 23.0 Å². The molecule has 0 saturated heterocycles. The number of methoxy groups -OCH3 is 2. The lowest BCUT2D eigenvalue weighted by atomic mass is 10.1. The van der Waals surface area contributed by atoms with E-state index in [1.54, 1.807) is 48.5 Å². The van der Waals surface area contributed by atoms with Crippen molar-refractivity contribution < 1.29 is 32.2 Å². The van der Waals surface area contributed by atoms with Crippen LogP contribution in [-0.2, 0) is 10.0 Å². The molecule has 0 aliphatic carbocycles. The molecule has 0 atom stereocenters. The van der Waals surface area contributed by atoms with Crippen molar-refractivity contribution >= 4 is 27.3 Å². The third-order valence-electron chi connectivity index (χ3n) is 5.07. The largest absolute Gasteiger partial charge is 0.493 e. The van der Waals surface area contributed by atoms with Crippen LogP contribution in [0.25, 0.3) is 0 Å². The van der Waals surface area contributed by atoms with Gasteiger partial charge in [0.25, 0.3) is 15.9 Å². The van der Waals surface area contributed by atoms with Gasteiger partial charge in [-0.05, 0) is 48.5 Å². The molecule has 4 rings (SSSR count). The van der Waals surface area contributed by atoms with E-state index in [1.165, 1.54) is 26.4 Å². The number of sulfonamides is 1. The van der Waals surface area contributed by atoms with Gasteiger partial charge in [0, 0.05) is 23.9 Å². The van der Waals surface area contributed by atoms with E-state index in [9.17, 15) is 13.2 Å². The summed E-state index contributed by atoms with van der Waals surface area (Å²) < 4.78 is 49.9. The molecule has 0 bridgehead atoms. The number of carbonyl (C=O) groups is 1.